The zero-order chi connectivity index (χ0) is 12.7. The summed E-state index contributed by atoms with van der Waals surface area (Å²) in [5, 5.41) is 11.4. The molecule has 0 aromatic carbocycles. The van der Waals surface area contributed by atoms with Crippen LogP contribution in [0.2, 0.25) is 0 Å². The molecular weight excluding hydrogens is 216 g/mol. The van der Waals surface area contributed by atoms with Crippen LogP contribution in [0.5, 0.6) is 0 Å². The van der Waals surface area contributed by atoms with Crippen LogP contribution >= 0.6 is 0 Å². The van der Waals surface area contributed by atoms with E-state index in [0.29, 0.717) is 11.3 Å². The van der Waals surface area contributed by atoms with Gasteiger partial charge in [0.25, 0.3) is 5.91 Å². The first-order valence-electron chi connectivity index (χ1n) is 5.54. The Bertz CT molecular complexity index is 429. The van der Waals surface area contributed by atoms with Crippen molar-refractivity contribution >= 4 is 5.91 Å². The number of amides is 1. The molecule has 0 aliphatic carbocycles. The average molecular weight is 232 g/mol. The van der Waals surface area contributed by atoms with Crippen molar-refractivity contribution in [2.75, 3.05) is 6.61 Å². The van der Waals surface area contributed by atoms with Crippen LogP contribution in [0.25, 0.3) is 0 Å². The monoisotopic (exact) mass is 232 g/mol. The minimum absolute atomic E-state index is 0.137. The van der Waals surface area contributed by atoms with Crippen LogP contribution in [0.15, 0.2) is 18.3 Å². The Kier molecular flexibility index (Phi) is 5.18. The Morgan fingerprint density at radius 2 is 2.35 bits per heavy atom. The first kappa shape index (κ1) is 13.2. The number of carbonyl (C=O) groups is 1. The van der Waals surface area contributed by atoms with Crippen LogP contribution in [-0.2, 0) is 0 Å². The number of aliphatic hydroxyl groups excluding tert-OH is 1. The molecule has 1 aromatic heterocycles. The van der Waals surface area contributed by atoms with E-state index in [1.54, 1.807) is 12.1 Å². The van der Waals surface area contributed by atoms with E-state index in [2.05, 4.69) is 22.1 Å². The second-order valence-electron chi connectivity index (χ2n) is 3.67. The number of nitrogens with one attached hydrogen (secondary N) is 1. The maximum atomic E-state index is 11.7. The number of aliphatic hydroxyl groups is 1. The van der Waals surface area contributed by atoms with Gasteiger partial charge in [-0.25, -0.2) is 4.98 Å². The fourth-order valence-electron chi connectivity index (χ4n) is 1.14. The van der Waals surface area contributed by atoms with Crippen molar-refractivity contribution in [2.24, 2.45) is 0 Å². The van der Waals surface area contributed by atoms with Crippen LogP contribution in [-0.4, -0.2) is 28.6 Å². The van der Waals surface area contributed by atoms with Crippen molar-refractivity contribution in [1.82, 2.24) is 10.3 Å². The number of carbonyl (C=O) groups excluding carboxylic acids is 1. The zero-order valence-electron chi connectivity index (χ0n) is 10.0. The molecule has 0 bridgehead atoms. The lowest BCUT2D eigenvalue weighted by Gasteiger charge is -2.10. The van der Waals surface area contributed by atoms with Gasteiger partial charge >= 0.3 is 0 Å². The first-order chi connectivity index (χ1) is 8.17. The molecule has 1 unspecified atom stereocenters. The standard InChI is InChI=1S/C13H16N2O2/c1-3-10(2)15-13(17)12-7-6-11(9-14-12)5-4-8-16/h6-7,9-10,16H,3,8H2,1-2H3,(H,15,17). The van der Waals surface area contributed by atoms with E-state index in [1.165, 1.54) is 6.20 Å². The number of hydrogen-bond acceptors (Lipinski definition) is 3. The van der Waals surface area contributed by atoms with E-state index in [0.717, 1.165) is 6.42 Å². The third-order valence-electron chi connectivity index (χ3n) is 2.30. The van der Waals surface area contributed by atoms with Gasteiger partial charge in [-0.2, -0.15) is 0 Å². The molecule has 1 atom stereocenters. The van der Waals surface area contributed by atoms with Crippen LogP contribution in [0.3, 0.4) is 0 Å². The van der Waals surface area contributed by atoms with Gasteiger partial charge in [0, 0.05) is 17.8 Å². The van der Waals surface area contributed by atoms with Crippen LogP contribution in [0, 0.1) is 11.8 Å². The SMILES string of the molecule is CCC(C)NC(=O)c1ccc(C#CCO)cn1. The van der Waals surface area contributed by atoms with Gasteiger partial charge in [0.05, 0.1) is 0 Å². The molecule has 1 amide bonds. The average Bonchev–Trinajstić information content (AvgIpc) is 2.36. The summed E-state index contributed by atoms with van der Waals surface area (Å²) in [6, 6.07) is 3.47. The predicted octanol–water partition coefficient (Wildman–Crippen LogP) is 0.954. The third-order valence-corrected chi connectivity index (χ3v) is 2.30. The quantitative estimate of drug-likeness (QED) is 0.763. The second kappa shape index (κ2) is 6.66. The molecule has 17 heavy (non-hydrogen) atoms. The van der Waals surface area contributed by atoms with Crippen LogP contribution in [0.1, 0.15) is 36.3 Å². The maximum absolute atomic E-state index is 11.7. The fourth-order valence-corrected chi connectivity index (χ4v) is 1.14. The highest BCUT2D eigenvalue weighted by Crippen LogP contribution is 2.00. The predicted molar refractivity (Wildman–Crippen MR) is 65.4 cm³/mol. The first-order valence-corrected chi connectivity index (χ1v) is 5.54. The highest BCUT2D eigenvalue weighted by Gasteiger charge is 2.08. The van der Waals surface area contributed by atoms with Crippen molar-refractivity contribution in [2.45, 2.75) is 26.3 Å². The summed E-state index contributed by atoms with van der Waals surface area (Å²) in [6.07, 6.45) is 2.40. The number of hydrogen-bond donors (Lipinski definition) is 2. The third kappa shape index (κ3) is 4.25. The van der Waals surface area contributed by atoms with E-state index >= 15 is 0 Å². The Morgan fingerprint density at radius 1 is 1.59 bits per heavy atom. The summed E-state index contributed by atoms with van der Waals surface area (Å²) in [5.74, 6) is 5.06. The Hall–Kier alpha value is -1.86. The van der Waals surface area contributed by atoms with Crippen molar-refractivity contribution < 1.29 is 9.90 Å². The highest BCUT2D eigenvalue weighted by atomic mass is 16.2. The van der Waals surface area contributed by atoms with Crippen molar-refractivity contribution in [3.05, 3.63) is 29.6 Å². The summed E-state index contributed by atoms with van der Waals surface area (Å²) in [6.45, 7) is 3.77. The van der Waals surface area contributed by atoms with E-state index in [4.69, 9.17) is 5.11 Å². The van der Waals surface area contributed by atoms with E-state index in [-0.39, 0.29) is 18.6 Å². The summed E-state index contributed by atoms with van der Waals surface area (Å²) < 4.78 is 0. The second-order valence-corrected chi connectivity index (χ2v) is 3.67. The Morgan fingerprint density at radius 3 is 2.88 bits per heavy atom. The molecule has 0 saturated carbocycles. The van der Waals surface area contributed by atoms with E-state index in [1.807, 2.05) is 13.8 Å². The fraction of sp³-hybridized carbons (Fsp3) is 0.385. The molecule has 0 aliphatic rings. The van der Waals surface area contributed by atoms with Gasteiger partial charge in [0.1, 0.15) is 12.3 Å². The molecular formula is C13H16N2O2. The highest BCUT2D eigenvalue weighted by molar-refractivity contribution is 5.92. The molecule has 0 radical (unpaired) electrons. The van der Waals surface area contributed by atoms with E-state index in [9.17, 15) is 4.79 Å². The molecule has 4 heteroatoms. The van der Waals surface area contributed by atoms with Crippen molar-refractivity contribution in [1.29, 1.82) is 0 Å². The smallest absolute Gasteiger partial charge is 0.270 e. The van der Waals surface area contributed by atoms with Crippen molar-refractivity contribution in [3.8, 4) is 11.8 Å². The molecule has 0 fully saturated rings. The van der Waals surface area contributed by atoms with Gasteiger partial charge in [-0.15, -0.1) is 0 Å². The molecule has 0 saturated heterocycles. The lowest BCUT2D eigenvalue weighted by molar-refractivity contribution is 0.0934. The lowest BCUT2D eigenvalue weighted by Crippen LogP contribution is -2.32. The van der Waals surface area contributed by atoms with Crippen LogP contribution in [0.4, 0.5) is 0 Å². The summed E-state index contributed by atoms with van der Waals surface area (Å²) in [4.78, 5) is 15.7. The maximum Gasteiger partial charge on any atom is 0.270 e. The molecule has 1 aromatic rings. The van der Waals surface area contributed by atoms with Gasteiger partial charge in [-0.1, -0.05) is 18.8 Å². The number of rotatable bonds is 3. The van der Waals surface area contributed by atoms with Crippen molar-refractivity contribution in [3.63, 3.8) is 0 Å². The normalized spacial score (nSPS) is 11.2. The topological polar surface area (TPSA) is 62.2 Å². The lowest BCUT2D eigenvalue weighted by atomic mass is 10.2. The summed E-state index contributed by atoms with van der Waals surface area (Å²) >= 11 is 0. The Labute approximate surface area is 101 Å². The van der Waals surface area contributed by atoms with E-state index < -0.39 is 0 Å². The zero-order valence-corrected chi connectivity index (χ0v) is 10.0. The molecule has 1 rings (SSSR count). The minimum Gasteiger partial charge on any atom is -0.384 e. The molecule has 4 nitrogen and oxygen atoms in total. The largest absolute Gasteiger partial charge is 0.384 e. The van der Waals surface area contributed by atoms with Gasteiger partial charge in [0.2, 0.25) is 0 Å². The summed E-state index contributed by atoms with van der Waals surface area (Å²) in [5.41, 5.74) is 1.05. The van der Waals surface area contributed by atoms with Crippen LogP contribution < -0.4 is 5.32 Å². The summed E-state index contributed by atoms with van der Waals surface area (Å²) in [7, 11) is 0. The minimum atomic E-state index is -0.184. The number of pyridine rings is 1. The molecule has 1 heterocycles. The van der Waals surface area contributed by atoms with Gasteiger partial charge in [-0.05, 0) is 25.5 Å². The van der Waals surface area contributed by atoms with Gasteiger partial charge in [-0.3, -0.25) is 4.79 Å². The number of aromatic nitrogens is 1. The molecule has 0 spiro atoms. The molecule has 0 aliphatic heterocycles. The van der Waals surface area contributed by atoms with Gasteiger partial charge < -0.3 is 10.4 Å². The number of nitrogens with zero attached hydrogens (tertiary/aromatic N) is 1. The molecule has 2 N–H and O–H groups in total. The van der Waals surface area contributed by atoms with Gasteiger partial charge in [0.15, 0.2) is 0 Å². The Balaban J connectivity index is 2.70. The molecule has 90 valence electrons.